The number of fused-ring (bicyclic) bond motifs is 2. The van der Waals surface area contributed by atoms with Crippen molar-refractivity contribution in [2.45, 2.75) is 170 Å². The summed E-state index contributed by atoms with van der Waals surface area (Å²) in [6.45, 7) is 26.6. The summed E-state index contributed by atoms with van der Waals surface area (Å²) < 4.78 is 31.3. The first-order valence-corrected chi connectivity index (χ1v) is 32.3. The predicted octanol–water partition coefficient (Wildman–Crippen LogP) is 16.6. The van der Waals surface area contributed by atoms with E-state index >= 15 is 0 Å². The molecule has 0 aliphatic carbocycles. The lowest BCUT2D eigenvalue weighted by Gasteiger charge is -2.33. The van der Waals surface area contributed by atoms with Crippen molar-refractivity contribution < 1.29 is 42.9 Å². The Labute approximate surface area is 522 Å². The summed E-state index contributed by atoms with van der Waals surface area (Å²) in [6, 6.07) is 29.5. The van der Waals surface area contributed by atoms with Gasteiger partial charge in [0.1, 0.15) is 34.1 Å². The van der Waals surface area contributed by atoms with E-state index in [9.17, 15) is 19.2 Å². The predicted molar refractivity (Wildman–Crippen MR) is 347 cm³/mol. The molecule has 5 heterocycles. The number of ether oxygens (including phenoxy) is 5. The molecule has 6 aromatic rings. The topological polar surface area (TPSA) is 162 Å². The van der Waals surface area contributed by atoms with Gasteiger partial charge < -0.3 is 38.4 Å². The zero-order chi connectivity index (χ0) is 61.8. The number of rotatable bonds is 17. The molecule has 3 aliphatic heterocycles. The summed E-state index contributed by atoms with van der Waals surface area (Å²) in [6.07, 6.45) is 11.0. The maximum absolute atomic E-state index is 13.9. The number of esters is 1. The van der Waals surface area contributed by atoms with Gasteiger partial charge in [0.2, 0.25) is 0 Å². The van der Waals surface area contributed by atoms with Gasteiger partial charge in [0.05, 0.1) is 23.4 Å². The fourth-order valence-corrected chi connectivity index (χ4v) is 12.3. The molecule has 3 aliphatic rings. The second-order valence-corrected chi connectivity index (χ2v) is 27.8. The van der Waals surface area contributed by atoms with E-state index in [0.717, 1.165) is 138 Å². The van der Waals surface area contributed by atoms with Crippen molar-refractivity contribution >= 4 is 72.5 Å². The second kappa shape index (κ2) is 29.3. The number of piperidine rings is 2. The number of hydrogen-bond acceptors (Lipinski definition) is 13. The third-order valence-electron chi connectivity index (χ3n) is 15.7. The molecule has 0 spiro atoms. The van der Waals surface area contributed by atoms with Crippen LogP contribution in [-0.2, 0) is 27.2 Å². The number of carbonyl (C=O) groups excluding carboxylic acids is 4. The highest BCUT2D eigenvalue weighted by atomic mass is 79.9. The number of benzene rings is 4. The first kappa shape index (κ1) is 65.3. The Morgan fingerprint density at radius 2 is 1.16 bits per heavy atom. The smallest absolute Gasteiger partial charge is 0.410 e. The zero-order valence-electron chi connectivity index (χ0n) is 52.4. The number of likely N-dealkylation sites (tertiary alicyclic amines) is 2. The Bertz CT molecular complexity index is 3260. The van der Waals surface area contributed by atoms with Crippen molar-refractivity contribution in [1.29, 1.82) is 0 Å². The Kier molecular flexibility index (Phi) is 22.2. The molecule has 0 atom stereocenters. The van der Waals surface area contributed by atoms with Gasteiger partial charge >= 0.3 is 18.2 Å². The molecule has 0 unspecified atom stereocenters. The summed E-state index contributed by atoms with van der Waals surface area (Å²) in [5.74, 6) is 2.95. The molecular formula is C69H89BrN6O9S. The van der Waals surface area contributed by atoms with Gasteiger partial charge in [0.25, 0.3) is 5.91 Å². The molecule has 1 N–H and O–H groups in total. The van der Waals surface area contributed by atoms with Gasteiger partial charge in [-0.1, -0.05) is 82.6 Å². The first-order chi connectivity index (χ1) is 40.9. The van der Waals surface area contributed by atoms with E-state index in [0.29, 0.717) is 60.0 Å². The lowest BCUT2D eigenvalue weighted by atomic mass is 9.92. The van der Waals surface area contributed by atoms with E-state index in [-0.39, 0.29) is 23.8 Å². The molecule has 0 bridgehead atoms. The van der Waals surface area contributed by atoms with Crippen molar-refractivity contribution in [2.75, 3.05) is 56.2 Å². The number of pyridine rings is 1. The molecule has 0 saturated carbocycles. The quantitative estimate of drug-likeness (QED) is 0.0523. The van der Waals surface area contributed by atoms with E-state index in [1.165, 1.54) is 24.2 Å². The molecule has 15 nitrogen and oxygen atoms in total. The summed E-state index contributed by atoms with van der Waals surface area (Å²) in [5.41, 5.74) is 5.67. The van der Waals surface area contributed by atoms with Crippen LogP contribution in [0.25, 0.3) is 21.3 Å². The van der Waals surface area contributed by atoms with Crippen LogP contribution in [0.3, 0.4) is 0 Å². The number of anilines is 2. The van der Waals surface area contributed by atoms with Crippen LogP contribution in [0.4, 0.5) is 20.5 Å². The lowest BCUT2D eigenvalue weighted by molar-refractivity contribution is 0.00617. The number of amides is 3. The van der Waals surface area contributed by atoms with Crippen molar-refractivity contribution in [3.05, 3.63) is 129 Å². The fraction of sp³-hybridized carbons (Fsp3) is 0.507. The summed E-state index contributed by atoms with van der Waals surface area (Å²) in [7, 11) is 0. The lowest BCUT2D eigenvalue weighted by Crippen LogP contribution is -2.41. The summed E-state index contributed by atoms with van der Waals surface area (Å²) in [4.78, 5) is 67.6. The number of carbonyl (C=O) groups is 4. The Morgan fingerprint density at radius 1 is 0.605 bits per heavy atom. The van der Waals surface area contributed by atoms with E-state index in [1.54, 1.807) is 0 Å². The van der Waals surface area contributed by atoms with Crippen LogP contribution < -0.4 is 19.7 Å². The van der Waals surface area contributed by atoms with Gasteiger partial charge in [-0.15, -0.1) is 0 Å². The summed E-state index contributed by atoms with van der Waals surface area (Å²) in [5, 5.41) is 3.58. The van der Waals surface area contributed by atoms with Gasteiger partial charge in [-0.2, -0.15) is 0 Å². The minimum absolute atomic E-state index is 0.172. The van der Waals surface area contributed by atoms with Gasteiger partial charge in [0.15, 0.2) is 10.8 Å². The van der Waals surface area contributed by atoms with Crippen LogP contribution in [-0.4, -0.2) is 107 Å². The molecule has 17 heteroatoms. The number of halogens is 1. The number of nitrogens with zero attached hydrogens (tertiary/aromatic N) is 5. The Morgan fingerprint density at radius 3 is 1.74 bits per heavy atom. The molecule has 86 heavy (non-hydrogen) atoms. The second-order valence-electron chi connectivity index (χ2n) is 25.9. The molecule has 2 aromatic heterocycles. The number of hydrogen-bond donors (Lipinski definition) is 1. The fourth-order valence-electron chi connectivity index (χ4n) is 11.1. The highest BCUT2D eigenvalue weighted by Crippen LogP contribution is 2.37. The third-order valence-corrected chi connectivity index (χ3v) is 17.5. The van der Waals surface area contributed by atoms with E-state index in [4.69, 9.17) is 28.7 Å². The maximum atomic E-state index is 13.9. The largest absolute Gasteiger partial charge is 0.493 e. The van der Waals surface area contributed by atoms with Gasteiger partial charge in [-0.05, 0) is 217 Å². The van der Waals surface area contributed by atoms with Crippen molar-refractivity contribution in [3.63, 3.8) is 0 Å². The molecule has 2 saturated heterocycles. The van der Waals surface area contributed by atoms with Gasteiger partial charge in [-0.25, -0.2) is 24.4 Å². The molecule has 2 fully saturated rings. The van der Waals surface area contributed by atoms with Crippen molar-refractivity contribution in [2.24, 2.45) is 11.8 Å². The van der Waals surface area contributed by atoms with Crippen molar-refractivity contribution in [1.82, 2.24) is 19.8 Å². The van der Waals surface area contributed by atoms with Crippen LogP contribution in [0.2, 0.25) is 0 Å². The van der Waals surface area contributed by atoms with Crippen LogP contribution in [0.1, 0.15) is 170 Å². The molecule has 462 valence electrons. The van der Waals surface area contributed by atoms with Crippen LogP contribution in [0, 0.1) is 25.7 Å². The first-order valence-electron chi connectivity index (χ1n) is 30.7. The molecular weight excluding hydrogens is 1170 g/mol. The third kappa shape index (κ3) is 18.6. The van der Waals surface area contributed by atoms with Gasteiger partial charge in [0, 0.05) is 60.4 Å². The van der Waals surface area contributed by atoms with E-state index < -0.39 is 22.8 Å². The minimum atomic E-state index is -0.725. The maximum Gasteiger partial charge on any atom is 0.410 e. The minimum Gasteiger partial charge on any atom is -0.493 e. The molecule has 0 radical (unpaired) electrons. The number of thiazole rings is 1. The van der Waals surface area contributed by atoms with Crippen LogP contribution >= 0.6 is 27.3 Å². The van der Waals surface area contributed by atoms with Crippen molar-refractivity contribution in [3.8, 4) is 22.6 Å². The highest BCUT2D eigenvalue weighted by molar-refractivity contribution is 9.10. The number of nitrogens with one attached hydrogen (secondary N) is 1. The number of unbranched alkanes of at least 4 members (excludes halogenated alkanes) is 2. The van der Waals surface area contributed by atoms with Crippen LogP contribution in [0.5, 0.6) is 11.5 Å². The Hall–Kier alpha value is -6.72. The monoisotopic (exact) mass is 1260 g/mol. The number of aromatic nitrogens is 2. The average Bonchev–Trinajstić information content (AvgIpc) is 1.05. The number of para-hydroxylation sites is 1. The van der Waals surface area contributed by atoms with Gasteiger partial charge in [-0.3, -0.25) is 10.1 Å². The summed E-state index contributed by atoms with van der Waals surface area (Å²) >= 11 is 4.98. The zero-order valence-corrected chi connectivity index (χ0v) is 54.8. The standard InChI is InChI=1S/C48H57N5O6S.C21H32BrNO3/c1-31-34(16-13-19-39(31)57-29-11-10-14-32-23-26-52(27-24-32)46(56)59-48(5,6)7)35-21-22-41(50-42(35)44(55)58-47(2,3)4)53-28-25-33-15-12-17-36(37(33)30-53)43(54)51-45-49-38-18-8-9-20-40(38)60-45;1-16-18(22)9-7-10-19(16)25-15-6-5-8-17-11-13-23(14-12-17)20(24)26-21(2,3)4/h8-9,12-13,15-22,32H,10-11,14,23-30H2,1-7H3,(H,49,51,54);7,9-10,17H,5-6,8,11-15H2,1-4H3. The SMILES string of the molecule is Cc1c(Br)cccc1OCCCCC1CCN(C(=O)OC(C)(C)C)CC1.Cc1c(OCCCCC2CCN(C(=O)OC(C)(C)C)CC2)cccc1-c1ccc(N2CCc3cccc(C(=O)Nc4nc5ccccc5s4)c3C2)nc1C(=O)OC(C)(C)C. The highest BCUT2D eigenvalue weighted by Gasteiger charge is 2.31. The normalized spacial score (nSPS) is 15.1. The molecule has 9 rings (SSSR count). The molecule has 3 amide bonds. The molecule has 4 aromatic carbocycles. The van der Waals surface area contributed by atoms with Crippen LogP contribution in [0.15, 0.2) is 95.5 Å². The average molecular weight is 1260 g/mol. The van der Waals surface area contributed by atoms with E-state index in [1.807, 2.05) is 164 Å². The Balaban J connectivity index is 0.000000309. The van der Waals surface area contributed by atoms with E-state index in [2.05, 4.69) is 44.1 Å².